The third kappa shape index (κ3) is 0.902. The van der Waals surface area contributed by atoms with Crippen molar-refractivity contribution in [1.29, 1.82) is 5.41 Å². The standard InChI is InChI=1S/C8H7N3/c9-4-6-1-2-7-8(3-6)11-5-10-7/h1-5,9H,(H,10,11). The molecule has 0 spiro atoms. The van der Waals surface area contributed by atoms with Crippen LogP contribution in [0, 0.1) is 5.41 Å². The zero-order valence-electron chi connectivity index (χ0n) is 5.83. The van der Waals surface area contributed by atoms with Gasteiger partial charge in [0, 0.05) is 6.21 Å². The lowest BCUT2D eigenvalue weighted by atomic mass is 10.2. The van der Waals surface area contributed by atoms with E-state index < -0.39 is 0 Å². The zero-order valence-corrected chi connectivity index (χ0v) is 5.83. The molecular weight excluding hydrogens is 138 g/mol. The molecule has 0 unspecified atom stereocenters. The van der Waals surface area contributed by atoms with Crippen LogP contribution in [0.4, 0.5) is 0 Å². The average molecular weight is 145 g/mol. The quantitative estimate of drug-likeness (QED) is 0.588. The minimum absolute atomic E-state index is 0.891. The maximum Gasteiger partial charge on any atom is 0.0931 e. The molecule has 2 aromatic rings. The van der Waals surface area contributed by atoms with Gasteiger partial charge in [-0.2, -0.15) is 0 Å². The molecular formula is C8H7N3. The van der Waals surface area contributed by atoms with Crippen molar-refractivity contribution in [2.24, 2.45) is 0 Å². The maximum absolute atomic E-state index is 7.01. The lowest BCUT2D eigenvalue weighted by Crippen LogP contribution is -1.77. The highest BCUT2D eigenvalue weighted by Gasteiger charge is 1.94. The first kappa shape index (κ1) is 6.09. The minimum atomic E-state index is 0.891. The van der Waals surface area contributed by atoms with Gasteiger partial charge in [0.15, 0.2) is 0 Å². The molecule has 0 aliphatic carbocycles. The van der Waals surface area contributed by atoms with E-state index in [2.05, 4.69) is 9.97 Å². The van der Waals surface area contributed by atoms with Crippen molar-refractivity contribution in [1.82, 2.24) is 9.97 Å². The van der Waals surface area contributed by atoms with E-state index in [1.807, 2.05) is 18.2 Å². The van der Waals surface area contributed by atoms with Crippen molar-refractivity contribution in [2.45, 2.75) is 0 Å². The Morgan fingerprint density at radius 1 is 1.45 bits per heavy atom. The molecule has 3 nitrogen and oxygen atoms in total. The average Bonchev–Trinajstić information content (AvgIpc) is 2.50. The fraction of sp³-hybridized carbons (Fsp3) is 0. The van der Waals surface area contributed by atoms with E-state index in [1.165, 1.54) is 6.21 Å². The van der Waals surface area contributed by atoms with Gasteiger partial charge in [-0.1, -0.05) is 6.07 Å². The third-order valence-electron chi connectivity index (χ3n) is 1.61. The van der Waals surface area contributed by atoms with Gasteiger partial charge in [-0.3, -0.25) is 0 Å². The van der Waals surface area contributed by atoms with E-state index in [-0.39, 0.29) is 0 Å². The molecule has 0 radical (unpaired) electrons. The summed E-state index contributed by atoms with van der Waals surface area (Å²) in [6, 6.07) is 5.66. The van der Waals surface area contributed by atoms with Crippen LogP contribution in [0.15, 0.2) is 24.5 Å². The maximum atomic E-state index is 7.01. The first-order chi connectivity index (χ1) is 5.40. The van der Waals surface area contributed by atoms with Gasteiger partial charge < -0.3 is 10.4 Å². The number of hydrogen-bond donors (Lipinski definition) is 2. The lowest BCUT2D eigenvalue weighted by molar-refractivity contribution is 1.34. The third-order valence-corrected chi connectivity index (χ3v) is 1.61. The Kier molecular flexibility index (Phi) is 1.22. The summed E-state index contributed by atoms with van der Waals surface area (Å²) in [5.41, 5.74) is 2.81. The van der Waals surface area contributed by atoms with Crippen molar-refractivity contribution in [3.63, 3.8) is 0 Å². The molecule has 2 N–H and O–H groups in total. The smallest absolute Gasteiger partial charge is 0.0931 e. The van der Waals surface area contributed by atoms with Gasteiger partial charge in [-0.05, 0) is 17.7 Å². The summed E-state index contributed by atoms with van der Waals surface area (Å²) in [5.74, 6) is 0. The van der Waals surface area contributed by atoms with Gasteiger partial charge in [-0.15, -0.1) is 0 Å². The number of nitrogens with zero attached hydrogens (tertiary/aromatic N) is 1. The van der Waals surface area contributed by atoms with Crippen molar-refractivity contribution >= 4 is 17.2 Å². The van der Waals surface area contributed by atoms with Gasteiger partial charge in [0.2, 0.25) is 0 Å². The number of hydrogen-bond acceptors (Lipinski definition) is 2. The predicted octanol–water partition coefficient (Wildman–Crippen LogP) is 1.56. The van der Waals surface area contributed by atoms with E-state index in [0.717, 1.165) is 16.6 Å². The van der Waals surface area contributed by atoms with Crippen LogP contribution < -0.4 is 0 Å². The summed E-state index contributed by atoms with van der Waals surface area (Å²) < 4.78 is 0. The minimum Gasteiger partial charge on any atom is -0.345 e. The summed E-state index contributed by atoms with van der Waals surface area (Å²) in [7, 11) is 0. The van der Waals surface area contributed by atoms with E-state index in [1.54, 1.807) is 6.33 Å². The van der Waals surface area contributed by atoms with E-state index >= 15 is 0 Å². The van der Waals surface area contributed by atoms with Crippen molar-refractivity contribution in [3.8, 4) is 0 Å². The molecule has 54 valence electrons. The molecule has 1 heterocycles. The molecule has 0 bridgehead atoms. The Balaban J connectivity index is 2.76. The van der Waals surface area contributed by atoms with Gasteiger partial charge in [0.1, 0.15) is 0 Å². The summed E-state index contributed by atoms with van der Waals surface area (Å²) in [6.07, 6.45) is 2.97. The number of rotatable bonds is 1. The normalized spacial score (nSPS) is 10.2. The monoisotopic (exact) mass is 145 g/mol. The van der Waals surface area contributed by atoms with Gasteiger partial charge >= 0.3 is 0 Å². The van der Waals surface area contributed by atoms with Crippen LogP contribution in [0.25, 0.3) is 11.0 Å². The second kappa shape index (κ2) is 2.20. The molecule has 1 aromatic carbocycles. The Bertz CT molecular complexity index is 389. The second-order valence-corrected chi connectivity index (χ2v) is 2.32. The number of aromatic nitrogens is 2. The lowest BCUT2D eigenvalue weighted by Gasteiger charge is -1.89. The Morgan fingerprint density at radius 3 is 3.18 bits per heavy atom. The number of fused-ring (bicyclic) bond motifs is 1. The highest BCUT2D eigenvalue weighted by molar-refractivity contribution is 5.85. The van der Waals surface area contributed by atoms with Crippen LogP contribution in [0.5, 0.6) is 0 Å². The van der Waals surface area contributed by atoms with Crippen LogP contribution in [0.3, 0.4) is 0 Å². The van der Waals surface area contributed by atoms with Gasteiger partial charge in [0.05, 0.1) is 17.4 Å². The molecule has 0 saturated carbocycles. The Labute approximate surface area is 63.6 Å². The topological polar surface area (TPSA) is 52.5 Å². The first-order valence-electron chi connectivity index (χ1n) is 3.34. The number of nitrogens with one attached hydrogen (secondary N) is 2. The number of aromatic amines is 1. The van der Waals surface area contributed by atoms with E-state index in [4.69, 9.17) is 5.41 Å². The molecule has 0 saturated heterocycles. The molecule has 0 fully saturated rings. The van der Waals surface area contributed by atoms with Gasteiger partial charge in [-0.25, -0.2) is 4.98 Å². The molecule has 11 heavy (non-hydrogen) atoms. The summed E-state index contributed by atoms with van der Waals surface area (Å²) in [5, 5.41) is 7.01. The molecule has 0 aliphatic heterocycles. The van der Waals surface area contributed by atoms with Crippen molar-refractivity contribution in [3.05, 3.63) is 30.1 Å². The van der Waals surface area contributed by atoms with Crippen molar-refractivity contribution in [2.75, 3.05) is 0 Å². The Hall–Kier alpha value is -1.64. The zero-order chi connectivity index (χ0) is 7.68. The number of imidazole rings is 1. The summed E-state index contributed by atoms with van der Waals surface area (Å²) >= 11 is 0. The van der Waals surface area contributed by atoms with Gasteiger partial charge in [0.25, 0.3) is 0 Å². The molecule has 0 amide bonds. The SMILES string of the molecule is N=Cc1ccc2nc[nH]c2c1. The number of H-pyrrole nitrogens is 1. The van der Waals surface area contributed by atoms with E-state index in [9.17, 15) is 0 Å². The molecule has 0 aliphatic rings. The molecule has 3 heteroatoms. The fourth-order valence-electron chi connectivity index (χ4n) is 1.04. The van der Waals surface area contributed by atoms with E-state index in [0.29, 0.717) is 0 Å². The predicted molar refractivity (Wildman–Crippen MR) is 44.0 cm³/mol. The molecule has 0 atom stereocenters. The Morgan fingerprint density at radius 2 is 2.36 bits per heavy atom. The molecule has 2 rings (SSSR count). The van der Waals surface area contributed by atoms with Crippen LogP contribution in [-0.2, 0) is 0 Å². The second-order valence-electron chi connectivity index (χ2n) is 2.32. The van der Waals surface area contributed by atoms with Crippen LogP contribution >= 0.6 is 0 Å². The number of benzene rings is 1. The van der Waals surface area contributed by atoms with Crippen LogP contribution in [0.1, 0.15) is 5.56 Å². The highest BCUT2D eigenvalue weighted by atomic mass is 14.9. The van der Waals surface area contributed by atoms with Crippen LogP contribution in [-0.4, -0.2) is 16.2 Å². The largest absolute Gasteiger partial charge is 0.345 e. The first-order valence-corrected chi connectivity index (χ1v) is 3.34. The molecule has 1 aromatic heterocycles. The highest BCUT2D eigenvalue weighted by Crippen LogP contribution is 2.09. The fourth-order valence-corrected chi connectivity index (χ4v) is 1.04. The summed E-state index contributed by atoms with van der Waals surface area (Å²) in [6.45, 7) is 0. The van der Waals surface area contributed by atoms with Crippen LogP contribution in [0.2, 0.25) is 0 Å². The summed E-state index contributed by atoms with van der Waals surface area (Å²) in [4.78, 5) is 7.04. The van der Waals surface area contributed by atoms with Crippen molar-refractivity contribution < 1.29 is 0 Å².